The van der Waals surface area contributed by atoms with Crippen LogP contribution in [0.2, 0.25) is 0 Å². The maximum atomic E-state index is 13.6. The molecule has 3 rings (SSSR count). The van der Waals surface area contributed by atoms with Crippen molar-refractivity contribution in [3.8, 4) is 0 Å². The summed E-state index contributed by atoms with van der Waals surface area (Å²) in [6.07, 6.45) is 0. The second-order valence-electron chi connectivity index (χ2n) is 5.14. The standard InChI is InChI=1S/C17H15FN2O2S2/c18-13-4-1-2-5-14(13)20-16(21)19-11-17(22,12-7-9-23-10-12)15-6-3-8-24-15/h1-10,22H,11H2,(H2,19,20,21). The Morgan fingerprint density at radius 1 is 1.17 bits per heavy atom. The van der Waals surface area contributed by atoms with Gasteiger partial charge in [0.1, 0.15) is 11.4 Å². The van der Waals surface area contributed by atoms with Crippen LogP contribution in [0, 0.1) is 5.82 Å². The second kappa shape index (κ2) is 7.12. The van der Waals surface area contributed by atoms with E-state index >= 15 is 0 Å². The predicted octanol–water partition coefficient (Wildman–Crippen LogP) is 4.01. The molecule has 0 saturated carbocycles. The van der Waals surface area contributed by atoms with E-state index in [-0.39, 0.29) is 12.2 Å². The summed E-state index contributed by atoms with van der Waals surface area (Å²) in [5.74, 6) is -0.515. The molecule has 2 heterocycles. The molecule has 0 spiro atoms. The summed E-state index contributed by atoms with van der Waals surface area (Å²) < 4.78 is 13.6. The Morgan fingerprint density at radius 2 is 2.00 bits per heavy atom. The molecule has 0 aliphatic carbocycles. The lowest BCUT2D eigenvalue weighted by atomic mass is 9.94. The van der Waals surface area contributed by atoms with Crippen LogP contribution in [-0.2, 0) is 5.60 Å². The van der Waals surface area contributed by atoms with E-state index in [2.05, 4.69) is 10.6 Å². The lowest BCUT2D eigenvalue weighted by Gasteiger charge is -2.27. The molecule has 0 aliphatic heterocycles. The number of rotatable bonds is 5. The molecule has 3 aromatic rings. The van der Waals surface area contributed by atoms with Gasteiger partial charge in [0.05, 0.1) is 12.2 Å². The fourth-order valence-electron chi connectivity index (χ4n) is 2.28. The number of amides is 2. The van der Waals surface area contributed by atoms with Gasteiger partial charge in [-0.25, -0.2) is 9.18 Å². The topological polar surface area (TPSA) is 61.4 Å². The van der Waals surface area contributed by atoms with Crippen LogP contribution in [0.3, 0.4) is 0 Å². The van der Waals surface area contributed by atoms with E-state index in [0.29, 0.717) is 5.56 Å². The predicted molar refractivity (Wildman–Crippen MR) is 95.1 cm³/mol. The number of carbonyl (C=O) groups is 1. The fourth-order valence-corrected chi connectivity index (χ4v) is 3.85. The number of thiophene rings is 2. The minimum atomic E-state index is -1.32. The monoisotopic (exact) mass is 362 g/mol. The van der Waals surface area contributed by atoms with Crippen LogP contribution >= 0.6 is 22.7 Å². The van der Waals surface area contributed by atoms with Crippen molar-refractivity contribution in [1.82, 2.24) is 5.32 Å². The molecule has 0 radical (unpaired) electrons. The van der Waals surface area contributed by atoms with Gasteiger partial charge in [-0.1, -0.05) is 18.2 Å². The first-order chi connectivity index (χ1) is 11.6. The van der Waals surface area contributed by atoms with E-state index in [9.17, 15) is 14.3 Å². The number of para-hydroxylation sites is 1. The number of anilines is 1. The Labute approximate surface area is 146 Å². The minimum absolute atomic E-state index is 0.0233. The normalized spacial score (nSPS) is 13.2. The lowest BCUT2D eigenvalue weighted by Crippen LogP contribution is -2.42. The molecule has 0 aliphatic rings. The van der Waals surface area contributed by atoms with Crippen LogP contribution < -0.4 is 10.6 Å². The molecule has 1 atom stereocenters. The highest BCUT2D eigenvalue weighted by molar-refractivity contribution is 7.10. The average Bonchev–Trinajstić information content (AvgIpc) is 3.28. The maximum absolute atomic E-state index is 13.6. The summed E-state index contributed by atoms with van der Waals surface area (Å²) in [6.45, 7) is -0.0233. The van der Waals surface area contributed by atoms with E-state index in [1.165, 1.54) is 34.8 Å². The van der Waals surface area contributed by atoms with Crippen LogP contribution in [0.25, 0.3) is 0 Å². The van der Waals surface area contributed by atoms with Crippen molar-refractivity contribution in [2.75, 3.05) is 11.9 Å². The summed E-state index contributed by atoms with van der Waals surface area (Å²) in [4.78, 5) is 12.8. The van der Waals surface area contributed by atoms with Gasteiger partial charge in [-0.2, -0.15) is 11.3 Å². The Bertz CT molecular complexity index is 770. The van der Waals surface area contributed by atoms with E-state index in [4.69, 9.17) is 0 Å². The van der Waals surface area contributed by atoms with Crippen molar-refractivity contribution < 1.29 is 14.3 Å². The highest BCUT2D eigenvalue weighted by atomic mass is 32.1. The zero-order valence-corrected chi connectivity index (χ0v) is 14.2. The number of aliphatic hydroxyl groups is 1. The molecule has 0 bridgehead atoms. The van der Waals surface area contributed by atoms with Gasteiger partial charge >= 0.3 is 6.03 Å². The van der Waals surface area contributed by atoms with Gasteiger partial charge in [0, 0.05) is 10.4 Å². The van der Waals surface area contributed by atoms with Gasteiger partial charge < -0.3 is 15.7 Å². The maximum Gasteiger partial charge on any atom is 0.319 e. The Kier molecular flexibility index (Phi) is 4.94. The Balaban J connectivity index is 1.73. The Hall–Kier alpha value is -2.22. The van der Waals surface area contributed by atoms with Crippen molar-refractivity contribution in [1.29, 1.82) is 0 Å². The van der Waals surface area contributed by atoms with Gasteiger partial charge in [0.2, 0.25) is 0 Å². The third-order valence-electron chi connectivity index (χ3n) is 3.55. The van der Waals surface area contributed by atoms with Crippen LogP contribution in [0.15, 0.2) is 58.6 Å². The summed E-state index contributed by atoms with van der Waals surface area (Å²) in [5.41, 5.74) is -0.521. The van der Waals surface area contributed by atoms with Crippen LogP contribution in [0.5, 0.6) is 0 Å². The molecule has 24 heavy (non-hydrogen) atoms. The smallest absolute Gasteiger partial charge is 0.319 e. The number of urea groups is 1. The second-order valence-corrected chi connectivity index (χ2v) is 6.86. The van der Waals surface area contributed by atoms with Crippen LogP contribution in [-0.4, -0.2) is 17.7 Å². The number of benzene rings is 1. The first-order valence-corrected chi connectivity index (χ1v) is 9.00. The van der Waals surface area contributed by atoms with Gasteiger partial charge in [-0.3, -0.25) is 0 Å². The van der Waals surface area contributed by atoms with E-state index < -0.39 is 17.4 Å². The van der Waals surface area contributed by atoms with Crippen molar-refractivity contribution in [3.63, 3.8) is 0 Å². The zero-order valence-electron chi connectivity index (χ0n) is 12.5. The van der Waals surface area contributed by atoms with Crippen molar-refractivity contribution in [2.24, 2.45) is 0 Å². The molecule has 1 unspecified atom stereocenters. The average molecular weight is 362 g/mol. The van der Waals surface area contributed by atoms with E-state index in [1.54, 1.807) is 12.1 Å². The molecule has 3 N–H and O–H groups in total. The van der Waals surface area contributed by atoms with E-state index in [1.807, 2.05) is 34.3 Å². The molecule has 7 heteroatoms. The molecule has 0 saturated heterocycles. The molecule has 0 fully saturated rings. The van der Waals surface area contributed by atoms with Crippen molar-refractivity contribution in [2.45, 2.75) is 5.60 Å². The number of halogens is 1. The zero-order chi connectivity index (χ0) is 17.0. The molecule has 2 aromatic heterocycles. The largest absolute Gasteiger partial charge is 0.378 e. The van der Waals surface area contributed by atoms with Gasteiger partial charge in [-0.15, -0.1) is 11.3 Å². The summed E-state index contributed by atoms with van der Waals surface area (Å²) in [6, 6.07) is 10.8. The molecular formula is C17H15FN2O2S2. The van der Waals surface area contributed by atoms with Crippen molar-refractivity contribution in [3.05, 3.63) is 74.9 Å². The summed E-state index contributed by atoms with van der Waals surface area (Å²) in [7, 11) is 0. The third kappa shape index (κ3) is 3.48. The van der Waals surface area contributed by atoms with Crippen molar-refractivity contribution >= 4 is 34.4 Å². The Morgan fingerprint density at radius 3 is 2.67 bits per heavy atom. The first kappa shape index (κ1) is 16.6. The first-order valence-electron chi connectivity index (χ1n) is 7.18. The quantitative estimate of drug-likeness (QED) is 0.642. The highest BCUT2D eigenvalue weighted by Gasteiger charge is 2.33. The number of carbonyl (C=O) groups excluding carboxylic acids is 1. The molecule has 4 nitrogen and oxygen atoms in total. The fraction of sp³-hybridized carbons (Fsp3) is 0.118. The molecule has 124 valence electrons. The van der Waals surface area contributed by atoms with Gasteiger partial charge in [0.15, 0.2) is 0 Å². The third-order valence-corrected chi connectivity index (χ3v) is 5.26. The number of nitrogens with one attached hydrogen (secondary N) is 2. The lowest BCUT2D eigenvalue weighted by molar-refractivity contribution is 0.0871. The van der Waals surface area contributed by atoms with Gasteiger partial charge in [0.25, 0.3) is 0 Å². The molecule has 2 amide bonds. The van der Waals surface area contributed by atoms with E-state index in [0.717, 1.165) is 4.88 Å². The van der Waals surface area contributed by atoms with Crippen LogP contribution in [0.4, 0.5) is 14.9 Å². The summed E-state index contributed by atoms with van der Waals surface area (Å²) in [5, 5.41) is 21.7. The minimum Gasteiger partial charge on any atom is -0.378 e. The van der Waals surface area contributed by atoms with Crippen LogP contribution in [0.1, 0.15) is 10.4 Å². The van der Waals surface area contributed by atoms with Gasteiger partial charge in [-0.05, 0) is 40.4 Å². The molecular weight excluding hydrogens is 347 g/mol. The number of hydrogen-bond donors (Lipinski definition) is 3. The summed E-state index contributed by atoms with van der Waals surface area (Å²) >= 11 is 2.88. The molecule has 1 aromatic carbocycles. The number of hydrogen-bond acceptors (Lipinski definition) is 4. The SMILES string of the molecule is O=C(NCC(O)(c1ccsc1)c1cccs1)Nc1ccccc1F. The highest BCUT2D eigenvalue weighted by Crippen LogP contribution is 2.33.